The first-order valence-electron chi connectivity index (χ1n) is 6.57. The van der Waals surface area contributed by atoms with E-state index in [1.165, 1.54) is 6.42 Å². The van der Waals surface area contributed by atoms with Crippen LogP contribution in [-0.4, -0.2) is 28.1 Å². The number of aliphatic hydroxyl groups is 1. The van der Waals surface area contributed by atoms with E-state index >= 15 is 0 Å². The third kappa shape index (κ3) is 4.86. The second kappa shape index (κ2) is 7.43. The Hall–Kier alpha value is -0.900. The van der Waals surface area contributed by atoms with Crippen LogP contribution in [0, 0.1) is 5.92 Å². The molecule has 1 fully saturated rings. The van der Waals surface area contributed by atoms with E-state index in [1.807, 2.05) is 0 Å². The molecule has 0 bridgehead atoms. The summed E-state index contributed by atoms with van der Waals surface area (Å²) in [4.78, 5) is 22.8. The molecule has 2 N–H and O–H groups in total. The topological polar surface area (TPSA) is 74.6 Å². The molecular formula is C13H22O4. The zero-order chi connectivity index (χ0) is 12.7. The van der Waals surface area contributed by atoms with Crippen LogP contribution in [0.1, 0.15) is 57.8 Å². The number of aliphatic carboxylic acids is 1. The summed E-state index contributed by atoms with van der Waals surface area (Å²) in [7, 11) is 0. The zero-order valence-electron chi connectivity index (χ0n) is 10.2. The number of Topliss-reactive ketones (excluding diaryl/α,β-unsaturated/α-hetero) is 1. The third-order valence-electron chi connectivity index (χ3n) is 3.44. The van der Waals surface area contributed by atoms with Crippen molar-refractivity contribution in [1.82, 2.24) is 0 Å². The Morgan fingerprint density at radius 3 is 1.94 bits per heavy atom. The van der Waals surface area contributed by atoms with E-state index in [4.69, 9.17) is 5.11 Å². The van der Waals surface area contributed by atoms with E-state index in [9.17, 15) is 14.7 Å². The average molecular weight is 242 g/mol. The molecule has 0 amide bonds. The maximum Gasteiger partial charge on any atom is 0.314 e. The van der Waals surface area contributed by atoms with Gasteiger partial charge in [-0.1, -0.05) is 44.9 Å². The summed E-state index contributed by atoms with van der Waals surface area (Å²) in [5, 5.41) is 18.7. The molecule has 0 radical (unpaired) electrons. The fraction of sp³-hybridized carbons (Fsp3) is 0.846. The number of aliphatic hydroxyl groups excluding tert-OH is 1. The number of ketones is 1. The lowest BCUT2D eigenvalue weighted by atomic mass is 9.90. The first-order valence-corrected chi connectivity index (χ1v) is 6.57. The summed E-state index contributed by atoms with van der Waals surface area (Å²) in [6.45, 7) is 0. The van der Waals surface area contributed by atoms with Crippen molar-refractivity contribution in [2.75, 3.05) is 0 Å². The van der Waals surface area contributed by atoms with Gasteiger partial charge in [0.25, 0.3) is 0 Å². The molecular weight excluding hydrogens is 220 g/mol. The van der Waals surface area contributed by atoms with E-state index < -0.39 is 23.8 Å². The van der Waals surface area contributed by atoms with Crippen molar-refractivity contribution >= 4 is 11.8 Å². The lowest BCUT2D eigenvalue weighted by Crippen LogP contribution is -2.33. The first kappa shape index (κ1) is 14.2. The molecule has 17 heavy (non-hydrogen) atoms. The van der Waals surface area contributed by atoms with Gasteiger partial charge in [0.15, 0.2) is 5.78 Å². The van der Waals surface area contributed by atoms with Gasteiger partial charge in [-0.2, -0.15) is 0 Å². The Morgan fingerprint density at radius 2 is 1.41 bits per heavy atom. The van der Waals surface area contributed by atoms with Crippen molar-refractivity contribution < 1.29 is 19.8 Å². The lowest BCUT2D eigenvalue weighted by Gasteiger charge is -2.16. The Kier molecular flexibility index (Phi) is 6.19. The Morgan fingerprint density at radius 1 is 0.941 bits per heavy atom. The highest BCUT2D eigenvalue weighted by Crippen LogP contribution is 2.19. The number of carboxylic acid groups (broad SMARTS) is 1. The predicted molar refractivity (Wildman–Crippen MR) is 63.7 cm³/mol. The zero-order valence-corrected chi connectivity index (χ0v) is 10.2. The monoisotopic (exact) mass is 242 g/mol. The van der Waals surface area contributed by atoms with E-state index in [2.05, 4.69) is 0 Å². The summed E-state index contributed by atoms with van der Waals surface area (Å²) < 4.78 is 0. The van der Waals surface area contributed by atoms with Crippen molar-refractivity contribution in [1.29, 1.82) is 0 Å². The van der Waals surface area contributed by atoms with E-state index in [-0.39, 0.29) is 0 Å². The predicted octanol–water partition coefficient (Wildman–Crippen LogP) is 2.14. The Balaban J connectivity index is 2.60. The molecule has 1 aliphatic rings. The van der Waals surface area contributed by atoms with Crippen LogP contribution >= 0.6 is 0 Å². The number of carboxylic acids is 1. The second-order valence-electron chi connectivity index (χ2n) is 4.86. The van der Waals surface area contributed by atoms with Gasteiger partial charge in [0.1, 0.15) is 12.0 Å². The molecule has 1 saturated carbocycles. The van der Waals surface area contributed by atoms with Crippen LogP contribution in [0.2, 0.25) is 0 Å². The minimum atomic E-state index is -1.09. The largest absolute Gasteiger partial charge is 0.481 e. The lowest BCUT2D eigenvalue weighted by molar-refractivity contribution is -0.149. The van der Waals surface area contributed by atoms with Crippen molar-refractivity contribution in [3.8, 4) is 0 Å². The van der Waals surface area contributed by atoms with Gasteiger partial charge in [-0.15, -0.1) is 0 Å². The molecule has 1 rings (SSSR count). The van der Waals surface area contributed by atoms with Gasteiger partial charge in [0, 0.05) is 0 Å². The molecule has 0 aromatic heterocycles. The highest BCUT2D eigenvalue weighted by atomic mass is 16.4. The summed E-state index contributed by atoms with van der Waals surface area (Å²) >= 11 is 0. The molecule has 0 saturated heterocycles. The Bertz CT molecular complexity index is 262. The van der Waals surface area contributed by atoms with Crippen LogP contribution in [0.15, 0.2) is 0 Å². The highest BCUT2D eigenvalue weighted by Gasteiger charge is 2.30. The van der Waals surface area contributed by atoms with Crippen LogP contribution in [0.25, 0.3) is 0 Å². The van der Waals surface area contributed by atoms with E-state index in [0.717, 1.165) is 38.5 Å². The van der Waals surface area contributed by atoms with Gasteiger partial charge in [0.05, 0.1) is 0 Å². The van der Waals surface area contributed by atoms with Crippen LogP contribution < -0.4 is 0 Å². The molecule has 2 unspecified atom stereocenters. The summed E-state index contributed by atoms with van der Waals surface area (Å²) in [5.41, 5.74) is 0. The van der Waals surface area contributed by atoms with Crippen LogP contribution in [0.5, 0.6) is 0 Å². The van der Waals surface area contributed by atoms with Gasteiger partial charge >= 0.3 is 5.97 Å². The maximum absolute atomic E-state index is 11.8. The molecule has 0 aliphatic heterocycles. The normalized spacial score (nSPS) is 29.1. The van der Waals surface area contributed by atoms with E-state index in [1.54, 1.807) is 0 Å². The Labute approximate surface area is 102 Å². The molecule has 98 valence electrons. The van der Waals surface area contributed by atoms with E-state index in [0.29, 0.717) is 12.8 Å². The molecule has 2 atom stereocenters. The van der Waals surface area contributed by atoms with Crippen molar-refractivity contribution in [3.05, 3.63) is 0 Å². The molecule has 1 aliphatic carbocycles. The fourth-order valence-corrected chi connectivity index (χ4v) is 2.33. The highest BCUT2D eigenvalue weighted by molar-refractivity contribution is 6.00. The van der Waals surface area contributed by atoms with Crippen LogP contribution in [0.4, 0.5) is 0 Å². The van der Waals surface area contributed by atoms with Gasteiger partial charge < -0.3 is 10.2 Å². The minimum absolute atomic E-state index is 0.366. The standard InChI is InChI=1S/C13H22O4/c14-11-9-7-5-3-1-2-4-6-8-10(12(11)15)13(16)17/h10-11,14H,1-9H2,(H,16,17). The van der Waals surface area contributed by atoms with Gasteiger partial charge in [-0.25, -0.2) is 0 Å². The van der Waals surface area contributed by atoms with Crippen molar-refractivity contribution in [2.24, 2.45) is 5.92 Å². The van der Waals surface area contributed by atoms with Crippen LogP contribution in [0.3, 0.4) is 0 Å². The van der Waals surface area contributed by atoms with Crippen molar-refractivity contribution in [2.45, 2.75) is 63.9 Å². The van der Waals surface area contributed by atoms with Gasteiger partial charge in [0.2, 0.25) is 0 Å². The molecule has 4 heteroatoms. The number of rotatable bonds is 1. The van der Waals surface area contributed by atoms with Crippen LogP contribution in [-0.2, 0) is 9.59 Å². The number of hydrogen-bond acceptors (Lipinski definition) is 3. The molecule has 0 aromatic carbocycles. The summed E-state index contributed by atoms with van der Waals surface area (Å²) in [6.07, 6.45) is 6.67. The third-order valence-corrected chi connectivity index (χ3v) is 3.44. The number of carbonyl (C=O) groups is 2. The van der Waals surface area contributed by atoms with Gasteiger partial charge in [-0.05, 0) is 12.8 Å². The fourth-order valence-electron chi connectivity index (χ4n) is 2.33. The smallest absolute Gasteiger partial charge is 0.314 e. The quantitative estimate of drug-likeness (QED) is 0.691. The molecule has 0 spiro atoms. The van der Waals surface area contributed by atoms with Crippen molar-refractivity contribution in [3.63, 3.8) is 0 Å². The number of carbonyl (C=O) groups excluding carboxylic acids is 1. The summed E-state index contributed by atoms with van der Waals surface area (Å²) in [5.74, 6) is -2.60. The average Bonchev–Trinajstić information content (AvgIpc) is 2.28. The molecule has 0 heterocycles. The molecule has 0 aromatic rings. The number of hydrogen-bond donors (Lipinski definition) is 2. The SMILES string of the molecule is O=C(O)C1CCCCCCCCCC(O)C1=O. The molecule has 4 nitrogen and oxygen atoms in total. The first-order chi connectivity index (χ1) is 8.13. The maximum atomic E-state index is 11.8. The van der Waals surface area contributed by atoms with Gasteiger partial charge in [-0.3, -0.25) is 9.59 Å². The second-order valence-corrected chi connectivity index (χ2v) is 4.86. The minimum Gasteiger partial charge on any atom is -0.481 e. The summed E-state index contributed by atoms with van der Waals surface area (Å²) in [6, 6.07) is 0.